The molecule has 75 heavy (non-hydrogen) atoms. The van der Waals surface area contributed by atoms with Gasteiger partial charge >= 0.3 is 5.97 Å². The Morgan fingerprint density at radius 3 is 1.28 bits per heavy atom. The van der Waals surface area contributed by atoms with Gasteiger partial charge in [0.2, 0.25) is 5.91 Å². The molecular formula is C64H121NO10. The summed E-state index contributed by atoms with van der Waals surface area (Å²) in [6, 6.07) is -0.812. The fourth-order valence-corrected chi connectivity index (χ4v) is 10.2. The van der Waals surface area contributed by atoms with Crippen molar-refractivity contribution in [1.29, 1.82) is 0 Å². The highest BCUT2D eigenvalue weighted by Crippen LogP contribution is 2.23. The number of aliphatic hydroxyl groups excluding tert-OH is 5. The van der Waals surface area contributed by atoms with Crippen LogP contribution in [0.2, 0.25) is 0 Å². The lowest BCUT2D eigenvalue weighted by Crippen LogP contribution is -2.60. The monoisotopic (exact) mass is 1060 g/mol. The summed E-state index contributed by atoms with van der Waals surface area (Å²) in [6.45, 7) is 4.35. The summed E-state index contributed by atoms with van der Waals surface area (Å²) in [7, 11) is 0. The van der Waals surface area contributed by atoms with Crippen LogP contribution in [0.25, 0.3) is 0 Å². The number of esters is 1. The maximum absolute atomic E-state index is 13.0. The van der Waals surface area contributed by atoms with E-state index in [9.17, 15) is 35.1 Å². The van der Waals surface area contributed by atoms with E-state index in [4.69, 9.17) is 14.2 Å². The number of ether oxygens (including phenoxy) is 3. The Morgan fingerprint density at radius 2 is 0.853 bits per heavy atom. The summed E-state index contributed by atoms with van der Waals surface area (Å²) in [5.74, 6) is -0.184. The lowest BCUT2D eigenvalue weighted by molar-refractivity contribution is -0.302. The van der Waals surface area contributed by atoms with Gasteiger partial charge in [-0.3, -0.25) is 9.59 Å². The minimum Gasteiger partial charge on any atom is -0.466 e. The number of hydrogen-bond acceptors (Lipinski definition) is 10. The molecule has 0 radical (unpaired) electrons. The third-order valence-corrected chi connectivity index (χ3v) is 15.3. The van der Waals surface area contributed by atoms with E-state index in [1.165, 1.54) is 218 Å². The summed E-state index contributed by atoms with van der Waals surface area (Å²) in [6.07, 6.45) is 55.7. The Bertz CT molecular complexity index is 1300. The highest BCUT2D eigenvalue weighted by atomic mass is 16.7. The van der Waals surface area contributed by atoms with Crippen molar-refractivity contribution in [3.63, 3.8) is 0 Å². The highest BCUT2D eigenvalue weighted by molar-refractivity contribution is 5.76. The minimum absolute atomic E-state index is 0.00132. The molecule has 0 spiro atoms. The largest absolute Gasteiger partial charge is 0.466 e. The van der Waals surface area contributed by atoms with E-state index in [-0.39, 0.29) is 18.5 Å². The van der Waals surface area contributed by atoms with Crippen molar-refractivity contribution in [1.82, 2.24) is 5.32 Å². The summed E-state index contributed by atoms with van der Waals surface area (Å²) >= 11 is 0. The van der Waals surface area contributed by atoms with Crippen LogP contribution in [0, 0.1) is 0 Å². The van der Waals surface area contributed by atoms with Crippen LogP contribution in [0.3, 0.4) is 0 Å². The van der Waals surface area contributed by atoms with E-state index in [0.29, 0.717) is 19.4 Å². The quantitative estimate of drug-likeness (QED) is 0.0195. The Hall–Kier alpha value is -1.86. The second-order valence-corrected chi connectivity index (χ2v) is 22.5. The standard InChI is InChI=1S/C64H121NO10/c1-3-5-7-9-11-13-15-31-34-38-42-46-50-57(67)56(55-74-64-63(72)62(71)61(70)58(54-66)75-64)65-59(68)51-47-43-39-35-32-28-26-24-22-20-18-16-17-19-21-23-25-27-29-33-37-41-45-49-53-73-60(69)52-48-44-40-36-30-14-12-10-8-6-4-2/h18,20,46,50,56-58,61-64,66-67,70-72H,3-17,19,21-45,47-49,51-55H2,1-2H3,(H,65,68)/b20-18-,50-46+. The summed E-state index contributed by atoms with van der Waals surface area (Å²) in [5.41, 5.74) is 0. The number of rotatable bonds is 56. The van der Waals surface area contributed by atoms with Crippen molar-refractivity contribution in [2.45, 2.75) is 352 Å². The third-order valence-electron chi connectivity index (χ3n) is 15.3. The first-order valence-electron chi connectivity index (χ1n) is 32.1. The molecule has 0 aliphatic carbocycles. The number of carbonyl (C=O) groups is 2. The molecule has 7 atom stereocenters. The van der Waals surface area contributed by atoms with Gasteiger partial charge in [0.1, 0.15) is 24.4 Å². The van der Waals surface area contributed by atoms with Crippen LogP contribution in [0.1, 0.15) is 309 Å². The van der Waals surface area contributed by atoms with Crippen molar-refractivity contribution >= 4 is 11.9 Å². The van der Waals surface area contributed by atoms with Gasteiger partial charge in [-0.15, -0.1) is 0 Å². The molecule has 1 rings (SSSR count). The first-order valence-corrected chi connectivity index (χ1v) is 32.1. The van der Waals surface area contributed by atoms with Crippen LogP contribution in [0.15, 0.2) is 24.3 Å². The van der Waals surface area contributed by atoms with E-state index >= 15 is 0 Å². The highest BCUT2D eigenvalue weighted by Gasteiger charge is 2.44. The number of amides is 1. The van der Waals surface area contributed by atoms with E-state index in [1.807, 2.05) is 6.08 Å². The van der Waals surface area contributed by atoms with Gasteiger partial charge in [0.05, 0.1) is 32.0 Å². The normalized spacial score (nSPS) is 18.8. The average molecular weight is 1060 g/mol. The van der Waals surface area contributed by atoms with Gasteiger partial charge in [-0.1, -0.05) is 263 Å². The van der Waals surface area contributed by atoms with Gasteiger partial charge in [-0.05, 0) is 57.8 Å². The second-order valence-electron chi connectivity index (χ2n) is 22.5. The maximum Gasteiger partial charge on any atom is 0.305 e. The molecule has 6 N–H and O–H groups in total. The van der Waals surface area contributed by atoms with Crippen molar-refractivity contribution in [3.8, 4) is 0 Å². The molecule has 1 aliphatic rings. The molecular weight excluding hydrogens is 943 g/mol. The van der Waals surface area contributed by atoms with E-state index in [1.54, 1.807) is 6.08 Å². The fourth-order valence-electron chi connectivity index (χ4n) is 10.2. The Kier molecular flexibility index (Phi) is 51.3. The molecule has 1 saturated heterocycles. The zero-order valence-corrected chi connectivity index (χ0v) is 48.8. The number of carbonyl (C=O) groups excluding carboxylic acids is 2. The van der Waals surface area contributed by atoms with Crippen molar-refractivity contribution in [2.75, 3.05) is 19.8 Å². The molecule has 0 aromatic rings. The van der Waals surface area contributed by atoms with Crippen LogP contribution in [-0.2, 0) is 23.8 Å². The zero-order valence-electron chi connectivity index (χ0n) is 48.8. The average Bonchev–Trinajstić information content (AvgIpc) is 3.41. The second kappa shape index (κ2) is 54.1. The third kappa shape index (κ3) is 43.7. The van der Waals surface area contributed by atoms with Crippen molar-refractivity contribution in [3.05, 3.63) is 24.3 Å². The molecule has 442 valence electrons. The lowest BCUT2D eigenvalue weighted by Gasteiger charge is -2.40. The topological polar surface area (TPSA) is 175 Å². The molecule has 0 aromatic carbocycles. The number of aliphatic hydroxyl groups is 5. The number of allylic oxidation sites excluding steroid dienone is 3. The molecule has 1 heterocycles. The van der Waals surface area contributed by atoms with Crippen LogP contribution < -0.4 is 5.32 Å². The van der Waals surface area contributed by atoms with Gasteiger partial charge in [-0.25, -0.2) is 0 Å². The lowest BCUT2D eigenvalue weighted by atomic mass is 9.99. The van der Waals surface area contributed by atoms with Crippen LogP contribution in [0.4, 0.5) is 0 Å². The van der Waals surface area contributed by atoms with Gasteiger partial charge in [0.15, 0.2) is 6.29 Å². The maximum atomic E-state index is 13.0. The number of unbranched alkanes of at least 4 members (excludes halogenated alkanes) is 40. The Balaban J connectivity index is 2.03. The van der Waals surface area contributed by atoms with Crippen molar-refractivity contribution in [2.24, 2.45) is 0 Å². The predicted molar refractivity (Wildman–Crippen MR) is 311 cm³/mol. The Labute approximate surface area is 461 Å². The van der Waals surface area contributed by atoms with E-state index in [2.05, 4.69) is 31.3 Å². The molecule has 11 heteroatoms. The van der Waals surface area contributed by atoms with Gasteiger partial charge in [-0.2, -0.15) is 0 Å². The smallest absolute Gasteiger partial charge is 0.305 e. The summed E-state index contributed by atoms with van der Waals surface area (Å²) < 4.78 is 16.7. The first-order chi connectivity index (χ1) is 36.7. The molecule has 1 aliphatic heterocycles. The molecule has 0 aromatic heterocycles. The molecule has 0 saturated carbocycles. The van der Waals surface area contributed by atoms with Crippen molar-refractivity contribution < 1.29 is 49.3 Å². The summed E-state index contributed by atoms with van der Waals surface area (Å²) in [4.78, 5) is 25.1. The van der Waals surface area contributed by atoms with Gasteiger partial charge in [0.25, 0.3) is 0 Å². The number of nitrogens with one attached hydrogen (secondary N) is 1. The summed E-state index contributed by atoms with van der Waals surface area (Å²) in [5, 5.41) is 54.4. The molecule has 1 amide bonds. The minimum atomic E-state index is -1.57. The predicted octanol–water partition coefficient (Wildman–Crippen LogP) is 15.3. The van der Waals surface area contributed by atoms with Crippen LogP contribution >= 0.6 is 0 Å². The Morgan fingerprint density at radius 1 is 0.480 bits per heavy atom. The van der Waals surface area contributed by atoms with E-state index in [0.717, 1.165) is 64.2 Å². The van der Waals surface area contributed by atoms with Gasteiger partial charge < -0.3 is 45.1 Å². The molecule has 7 unspecified atom stereocenters. The van der Waals surface area contributed by atoms with E-state index < -0.39 is 49.5 Å². The fraction of sp³-hybridized carbons (Fsp3) is 0.906. The number of hydrogen-bond donors (Lipinski definition) is 6. The molecule has 11 nitrogen and oxygen atoms in total. The zero-order chi connectivity index (χ0) is 54.5. The van der Waals surface area contributed by atoms with Crippen LogP contribution in [0.5, 0.6) is 0 Å². The van der Waals surface area contributed by atoms with Gasteiger partial charge in [0, 0.05) is 12.8 Å². The SMILES string of the molecule is CCCCCCCCCCCC/C=C/C(O)C(COC1OC(CO)C(O)C(O)C1O)NC(=O)CCCCCCCCCC/C=C\CCCCCCCCCCCCCCOC(=O)CCCCCCCCCCCCC. The molecule has 0 bridgehead atoms. The first kappa shape index (κ1) is 71.2. The van der Waals surface area contributed by atoms with Crippen LogP contribution in [-0.4, -0.2) is 100 Å². The molecule has 1 fully saturated rings.